The third-order valence-electron chi connectivity index (χ3n) is 10.3. The Morgan fingerprint density at radius 2 is 1.10 bits per heavy atom. The van der Waals surface area contributed by atoms with E-state index in [4.69, 9.17) is 4.42 Å². The molecule has 0 spiro atoms. The topological polar surface area (TPSA) is 23.0 Å². The van der Waals surface area contributed by atoms with Crippen LogP contribution in [0.25, 0.3) is 88.1 Å². The average molecular weight is 631 g/mol. The zero-order valence-corrected chi connectivity index (χ0v) is 27.4. The molecule has 0 aliphatic heterocycles. The normalized spacial score (nSPS) is 12.0. The number of fused-ring (bicyclic) bond motifs is 10. The Kier molecular flexibility index (Phi) is 6.29. The van der Waals surface area contributed by atoms with Crippen LogP contribution >= 0.6 is 0 Å². The van der Waals surface area contributed by atoms with Crippen LogP contribution in [0.2, 0.25) is 0 Å². The summed E-state index contributed by atoms with van der Waals surface area (Å²) in [6, 6.07) is 55.2. The van der Waals surface area contributed by atoms with E-state index in [9.17, 15) is 0 Å². The second-order valence-electron chi connectivity index (χ2n) is 13.2. The van der Waals surface area contributed by atoms with Gasteiger partial charge in [-0.25, -0.2) is 0 Å². The summed E-state index contributed by atoms with van der Waals surface area (Å²) in [5.41, 5.74) is 12.7. The minimum Gasteiger partial charge on any atom is -0.456 e. The molecular weight excluding hydrogens is 597 g/mol. The molecule has 10 rings (SSSR count). The molecule has 49 heavy (non-hydrogen) atoms. The highest BCUT2D eigenvalue weighted by molar-refractivity contribution is 6.26. The summed E-state index contributed by atoms with van der Waals surface area (Å²) in [5, 5.41) is 7.39. The molecule has 0 fully saturated rings. The molecule has 0 saturated heterocycles. The monoisotopic (exact) mass is 630 g/mol. The van der Waals surface area contributed by atoms with Gasteiger partial charge in [-0.15, -0.1) is 0 Å². The van der Waals surface area contributed by atoms with Crippen molar-refractivity contribution in [2.75, 3.05) is 0 Å². The number of furan rings is 1. The maximum Gasteiger partial charge on any atom is 0.136 e. The van der Waals surface area contributed by atoms with Crippen molar-refractivity contribution in [1.29, 1.82) is 0 Å². The molecule has 3 heteroatoms. The highest BCUT2D eigenvalue weighted by Crippen LogP contribution is 2.42. The fraction of sp³-hybridized carbons (Fsp3) is 0.0870. The first-order chi connectivity index (χ1) is 24.3. The van der Waals surface area contributed by atoms with Gasteiger partial charge in [-0.05, 0) is 90.2 Å². The standard InChI is InChI=1S/C46H34N2O/c1-2-3-11-30-18-24-36-37-25-21-32(29-44(37)49-43(36)28-30)31-19-22-34(23-20-31)48-40-16-9-7-14-35(40)38-26-27-42-45(46(38)48)39-15-8-10-17-41(39)47(42)33-12-5-4-6-13-33/h4-10,12-29H,2-3,11H2,1H3. The number of para-hydroxylation sites is 3. The molecule has 0 aliphatic rings. The lowest BCUT2D eigenvalue weighted by Gasteiger charge is -2.11. The van der Waals surface area contributed by atoms with Gasteiger partial charge in [0.15, 0.2) is 0 Å². The van der Waals surface area contributed by atoms with E-state index < -0.39 is 0 Å². The van der Waals surface area contributed by atoms with Crippen LogP contribution in [0.15, 0.2) is 156 Å². The summed E-state index contributed by atoms with van der Waals surface area (Å²) in [4.78, 5) is 0. The number of rotatable bonds is 6. The first-order valence-corrected chi connectivity index (χ1v) is 17.3. The largest absolute Gasteiger partial charge is 0.456 e. The Morgan fingerprint density at radius 1 is 0.469 bits per heavy atom. The maximum atomic E-state index is 6.42. The highest BCUT2D eigenvalue weighted by atomic mass is 16.3. The van der Waals surface area contributed by atoms with Gasteiger partial charge in [-0.2, -0.15) is 0 Å². The van der Waals surface area contributed by atoms with E-state index in [1.165, 1.54) is 84.0 Å². The fourth-order valence-electron chi connectivity index (χ4n) is 7.97. The van der Waals surface area contributed by atoms with E-state index in [1.807, 2.05) is 0 Å². The van der Waals surface area contributed by atoms with Gasteiger partial charge in [0.25, 0.3) is 0 Å². The lowest BCUT2D eigenvalue weighted by atomic mass is 10.0. The van der Waals surface area contributed by atoms with Crippen molar-refractivity contribution >= 4 is 65.6 Å². The van der Waals surface area contributed by atoms with Crippen molar-refractivity contribution in [3.8, 4) is 22.5 Å². The zero-order chi connectivity index (χ0) is 32.5. The average Bonchev–Trinajstić information content (AvgIpc) is 3.81. The van der Waals surface area contributed by atoms with E-state index in [0.29, 0.717) is 0 Å². The molecule has 0 aliphatic carbocycles. The molecular formula is C46H34N2O. The van der Waals surface area contributed by atoms with Gasteiger partial charge in [-0.3, -0.25) is 0 Å². The third-order valence-corrected chi connectivity index (χ3v) is 10.3. The smallest absolute Gasteiger partial charge is 0.136 e. The Hall–Kier alpha value is -6.06. The van der Waals surface area contributed by atoms with Gasteiger partial charge in [0, 0.05) is 43.7 Å². The number of aromatic nitrogens is 2. The van der Waals surface area contributed by atoms with Crippen molar-refractivity contribution in [1.82, 2.24) is 9.13 Å². The van der Waals surface area contributed by atoms with Crippen LogP contribution in [0.5, 0.6) is 0 Å². The van der Waals surface area contributed by atoms with Gasteiger partial charge in [-0.1, -0.05) is 104 Å². The van der Waals surface area contributed by atoms with Crippen LogP contribution in [0.4, 0.5) is 0 Å². The SMILES string of the molecule is CCCCc1ccc2c(c1)oc1cc(-c3ccc(-n4c5ccccc5c5ccc6c(c7ccccc7n6-c6ccccc6)c54)cc3)ccc12. The van der Waals surface area contributed by atoms with Gasteiger partial charge < -0.3 is 13.6 Å². The van der Waals surface area contributed by atoms with Gasteiger partial charge in [0.1, 0.15) is 11.2 Å². The van der Waals surface area contributed by atoms with Gasteiger partial charge in [0.05, 0.1) is 22.1 Å². The van der Waals surface area contributed by atoms with Crippen molar-refractivity contribution in [2.24, 2.45) is 0 Å². The quantitative estimate of drug-likeness (QED) is 0.179. The number of hydrogen-bond donors (Lipinski definition) is 0. The van der Waals surface area contributed by atoms with Crippen LogP contribution in [0, 0.1) is 0 Å². The number of benzene rings is 7. The van der Waals surface area contributed by atoms with E-state index in [1.54, 1.807) is 0 Å². The van der Waals surface area contributed by atoms with Crippen molar-refractivity contribution in [3.63, 3.8) is 0 Å². The summed E-state index contributed by atoms with van der Waals surface area (Å²) >= 11 is 0. The minimum atomic E-state index is 0.934. The predicted octanol–water partition coefficient (Wildman–Crippen LogP) is 12.8. The molecule has 0 saturated carbocycles. The molecule has 0 unspecified atom stereocenters. The lowest BCUT2D eigenvalue weighted by Crippen LogP contribution is -1.95. The zero-order valence-electron chi connectivity index (χ0n) is 27.4. The summed E-state index contributed by atoms with van der Waals surface area (Å²) in [6.07, 6.45) is 3.48. The van der Waals surface area contributed by atoms with Crippen LogP contribution < -0.4 is 0 Å². The Bertz CT molecular complexity index is 2850. The second kappa shape index (κ2) is 11.0. The first kappa shape index (κ1) is 28.0. The molecule has 0 bridgehead atoms. The lowest BCUT2D eigenvalue weighted by molar-refractivity contribution is 0.667. The molecule has 10 aromatic rings. The second-order valence-corrected chi connectivity index (χ2v) is 13.2. The Balaban J connectivity index is 1.14. The third kappa shape index (κ3) is 4.29. The summed E-state index contributed by atoms with van der Waals surface area (Å²) in [6.45, 7) is 2.24. The summed E-state index contributed by atoms with van der Waals surface area (Å²) in [7, 11) is 0. The van der Waals surface area contributed by atoms with Crippen LogP contribution in [-0.2, 0) is 6.42 Å². The Labute approximate surface area is 284 Å². The van der Waals surface area contributed by atoms with Gasteiger partial charge in [0.2, 0.25) is 0 Å². The molecule has 3 nitrogen and oxygen atoms in total. The number of aryl methyl sites for hydroxylation is 1. The summed E-state index contributed by atoms with van der Waals surface area (Å²) in [5.74, 6) is 0. The fourth-order valence-corrected chi connectivity index (χ4v) is 7.97. The highest BCUT2D eigenvalue weighted by Gasteiger charge is 2.20. The van der Waals surface area contributed by atoms with Crippen molar-refractivity contribution in [2.45, 2.75) is 26.2 Å². The van der Waals surface area contributed by atoms with Crippen LogP contribution in [-0.4, -0.2) is 9.13 Å². The number of nitrogens with zero attached hydrogens (tertiary/aromatic N) is 2. The molecule has 3 aromatic heterocycles. The Morgan fingerprint density at radius 3 is 1.90 bits per heavy atom. The predicted molar refractivity (Wildman–Crippen MR) is 206 cm³/mol. The van der Waals surface area contributed by atoms with E-state index >= 15 is 0 Å². The maximum absolute atomic E-state index is 6.42. The van der Waals surface area contributed by atoms with Gasteiger partial charge >= 0.3 is 0 Å². The number of hydrogen-bond acceptors (Lipinski definition) is 1. The first-order valence-electron chi connectivity index (χ1n) is 17.3. The van der Waals surface area contributed by atoms with E-state index in [0.717, 1.165) is 28.8 Å². The van der Waals surface area contributed by atoms with Crippen molar-refractivity contribution < 1.29 is 4.42 Å². The van der Waals surface area contributed by atoms with Crippen LogP contribution in [0.3, 0.4) is 0 Å². The molecule has 0 amide bonds. The molecule has 7 aromatic carbocycles. The molecule has 234 valence electrons. The number of unbranched alkanes of at least 4 members (excludes halogenated alkanes) is 1. The summed E-state index contributed by atoms with van der Waals surface area (Å²) < 4.78 is 11.3. The van der Waals surface area contributed by atoms with E-state index in [2.05, 4.69) is 168 Å². The van der Waals surface area contributed by atoms with Crippen molar-refractivity contribution in [3.05, 3.63) is 157 Å². The van der Waals surface area contributed by atoms with Crippen LogP contribution in [0.1, 0.15) is 25.3 Å². The molecule has 0 atom stereocenters. The molecule has 0 N–H and O–H groups in total. The molecule has 3 heterocycles. The van der Waals surface area contributed by atoms with E-state index in [-0.39, 0.29) is 0 Å². The molecule has 0 radical (unpaired) electrons. The minimum absolute atomic E-state index is 0.934.